The van der Waals surface area contributed by atoms with Gasteiger partial charge in [0.2, 0.25) is 0 Å². The Kier molecular flexibility index (Phi) is 5.91. The Hall–Kier alpha value is -1.47. The molecule has 0 bridgehead atoms. The lowest BCUT2D eigenvalue weighted by atomic mass is 9.99. The average Bonchev–Trinajstić information content (AvgIpc) is 2.83. The van der Waals surface area contributed by atoms with E-state index in [9.17, 15) is 9.59 Å². The van der Waals surface area contributed by atoms with Crippen LogP contribution in [0.15, 0.2) is 5.51 Å². The van der Waals surface area contributed by atoms with Gasteiger partial charge in [-0.15, -0.1) is 11.3 Å². The maximum Gasteiger partial charge on any atom is 0.326 e. The zero-order chi connectivity index (χ0) is 14.4. The molecule has 0 saturated carbocycles. The van der Waals surface area contributed by atoms with E-state index in [0.717, 1.165) is 0 Å². The van der Waals surface area contributed by atoms with Crippen LogP contribution >= 0.6 is 11.3 Å². The highest BCUT2D eigenvalue weighted by Crippen LogP contribution is 2.16. The van der Waals surface area contributed by atoms with Crippen LogP contribution in [-0.2, 0) is 16.1 Å². The largest absolute Gasteiger partial charge is 0.480 e. The minimum atomic E-state index is -1.03. The molecule has 2 N–H and O–H groups in total. The second kappa shape index (κ2) is 7.20. The maximum absolute atomic E-state index is 12.1. The van der Waals surface area contributed by atoms with Crippen molar-refractivity contribution < 1.29 is 19.4 Å². The predicted octanol–water partition coefficient (Wildman–Crippen LogP) is 1.52. The lowest BCUT2D eigenvalue weighted by Gasteiger charge is -2.19. The summed E-state index contributed by atoms with van der Waals surface area (Å²) in [4.78, 5) is 27.7. The SMILES string of the molecule is CC[C@H](C)[C@H](NC(=O)c1scnc1COC)C(=O)O. The van der Waals surface area contributed by atoms with Crippen molar-refractivity contribution in [3.63, 3.8) is 0 Å². The first-order valence-electron chi connectivity index (χ1n) is 5.96. The van der Waals surface area contributed by atoms with E-state index in [1.807, 2.05) is 6.92 Å². The summed E-state index contributed by atoms with van der Waals surface area (Å²) in [5.74, 6) is -1.58. The Balaban J connectivity index is 2.82. The van der Waals surface area contributed by atoms with Gasteiger partial charge in [-0.2, -0.15) is 0 Å². The molecule has 0 aliphatic carbocycles. The summed E-state index contributed by atoms with van der Waals surface area (Å²) < 4.78 is 4.95. The van der Waals surface area contributed by atoms with Gasteiger partial charge in [0, 0.05) is 7.11 Å². The summed E-state index contributed by atoms with van der Waals surface area (Å²) in [6, 6.07) is -0.894. The molecule has 0 fully saturated rings. The third kappa shape index (κ3) is 4.00. The summed E-state index contributed by atoms with van der Waals surface area (Å²) in [6.07, 6.45) is 0.671. The fourth-order valence-corrected chi connectivity index (χ4v) is 2.28. The molecule has 0 radical (unpaired) electrons. The number of carboxylic acid groups (broad SMARTS) is 1. The minimum absolute atomic E-state index is 0.139. The number of hydrogen-bond donors (Lipinski definition) is 2. The second-order valence-electron chi connectivity index (χ2n) is 4.24. The summed E-state index contributed by atoms with van der Waals surface area (Å²) in [7, 11) is 1.51. The topological polar surface area (TPSA) is 88.5 Å². The van der Waals surface area contributed by atoms with Gasteiger partial charge in [0.1, 0.15) is 10.9 Å². The molecule has 0 aliphatic rings. The van der Waals surface area contributed by atoms with E-state index in [2.05, 4.69) is 10.3 Å². The second-order valence-corrected chi connectivity index (χ2v) is 5.09. The molecule has 1 aromatic rings. The summed E-state index contributed by atoms with van der Waals surface area (Å²) in [6.45, 7) is 3.91. The van der Waals surface area contributed by atoms with Crippen LogP contribution < -0.4 is 5.32 Å². The number of aromatic nitrogens is 1. The summed E-state index contributed by atoms with van der Waals surface area (Å²) in [5, 5.41) is 11.7. The molecule has 0 unspecified atom stereocenters. The Morgan fingerprint density at radius 1 is 1.58 bits per heavy atom. The van der Waals surface area contributed by atoms with Gasteiger partial charge >= 0.3 is 5.97 Å². The molecule has 0 aliphatic heterocycles. The molecule has 0 saturated heterocycles. The Bertz CT molecular complexity index is 447. The highest BCUT2D eigenvalue weighted by Gasteiger charge is 2.27. The van der Waals surface area contributed by atoms with Crippen molar-refractivity contribution in [1.29, 1.82) is 0 Å². The molecule has 1 amide bonds. The highest BCUT2D eigenvalue weighted by molar-refractivity contribution is 7.11. The van der Waals surface area contributed by atoms with E-state index < -0.39 is 17.9 Å². The van der Waals surface area contributed by atoms with Crippen LogP contribution in [0.4, 0.5) is 0 Å². The van der Waals surface area contributed by atoms with Gasteiger partial charge in [0.05, 0.1) is 17.8 Å². The third-order valence-corrected chi connectivity index (χ3v) is 3.76. The van der Waals surface area contributed by atoms with Crippen molar-refractivity contribution in [1.82, 2.24) is 10.3 Å². The molecular weight excluding hydrogens is 268 g/mol. The van der Waals surface area contributed by atoms with Crippen LogP contribution in [0.3, 0.4) is 0 Å². The molecule has 1 aromatic heterocycles. The summed E-state index contributed by atoms with van der Waals surface area (Å²) >= 11 is 1.17. The van der Waals surface area contributed by atoms with Crippen molar-refractivity contribution in [3.05, 3.63) is 16.1 Å². The van der Waals surface area contributed by atoms with Crippen molar-refractivity contribution >= 4 is 23.2 Å². The number of thiazole rings is 1. The van der Waals surface area contributed by atoms with Crippen LogP contribution in [0.5, 0.6) is 0 Å². The van der Waals surface area contributed by atoms with Crippen molar-refractivity contribution in [2.75, 3.05) is 7.11 Å². The number of carbonyl (C=O) groups is 2. The van der Waals surface area contributed by atoms with Crippen LogP contribution in [0, 0.1) is 5.92 Å². The van der Waals surface area contributed by atoms with E-state index in [4.69, 9.17) is 9.84 Å². The number of rotatable bonds is 7. The van der Waals surface area contributed by atoms with Gasteiger partial charge in [0.15, 0.2) is 0 Å². The molecule has 0 aromatic carbocycles. The normalized spacial score (nSPS) is 13.8. The van der Waals surface area contributed by atoms with Crippen molar-refractivity contribution in [2.45, 2.75) is 32.9 Å². The standard InChI is InChI=1S/C12H18N2O4S/c1-4-7(2)9(12(16)17)14-11(15)10-8(5-18-3)13-6-19-10/h6-7,9H,4-5H2,1-3H3,(H,14,15)(H,16,17)/t7-,9-/m0/s1. The average molecular weight is 286 g/mol. The molecule has 19 heavy (non-hydrogen) atoms. The first-order chi connectivity index (χ1) is 9.01. The number of methoxy groups -OCH3 is 1. The first kappa shape index (κ1) is 15.6. The van der Waals surface area contributed by atoms with Gasteiger partial charge in [-0.05, 0) is 5.92 Å². The van der Waals surface area contributed by atoms with Crippen molar-refractivity contribution in [3.8, 4) is 0 Å². The monoisotopic (exact) mass is 286 g/mol. The van der Waals surface area contributed by atoms with E-state index in [-0.39, 0.29) is 12.5 Å². The number of aliphatic carboxylic acids is 1. The predicted molar refractivity (Wildman–Crippen MR) is 71.2 cm³/mol. The van der Waals surface area contributed by atoms with Gasteiger partial charge in [-0.3, -0.25) is 4.79 Å². The molecular formula is C12H18N2O4S. The molecule has 6 nitrogen and oxygen atoms in total. The fourth-order valence-electron chi connectivity index (χ4n) is 1.58. The van der Waals surface area contributed by atoms with Crippen LogP contribution in [-0.4, -0.2) is 35.1 Å². The zero-order valence-corrected chi connectivity index (χ0v) is 12.0. The van der Waals surface area contributed by atoms with Crippen LogP contribution in [0.25, 0.3) is 0 Å². The Morgan fingerprint density at radius 2 is 2.26 bits per heavy atom. The molecule has 106 valence electrons. The Labute approximate surface area is 115 Å². The molecule has 1 rings (SSSR count). The fraction of sp³-hybridized carbons (Fsp3) is 0.583. The van der Waals surface area contributed by atoms with Crippen LogP contribution in [0.1, 0.15) is 35.6 Å². The number of nitrogens with zero attached hydrogens (tertiary/aromatic N) is 1. The minimum Gasteiger partial charge on any atom is -0.480 e. The number of ether oxygens (including phenoxy) is 1. The van der Waals surface area contributed by atoms with Gasteiger partial charge in [0.25, 0.3) is 5.91 Å². The van der Waals surface area contributed by atoms with E-state index in [1.54, 1.807) is 12.4 Å². The van der Waals surface area contributed by atoms with Gasteiger partial charge in [-0.1, -0.05) is 20.3 Å². The van der Waals surface area contributed by atoms with Gasteiger partial charge < -0.3 is 15.2 Å². The smallest absolute Gasteiger partial charge is 0.326 e. The maximum atomic E-state index is 12.1. The Morgan fingerprint density at radius 3 is 2.79 bits per heavy atom. The number of nitrogens with one attached hydrogen (secondary N) is 1. The first-order valence-corrected chi connectivity index (χ1v) is 6.84. The van der Waals surface area contributed by atoms with Gasteiger partial charge in [-0.25, -0.2) is 9.78 Å². The molecule has 1 heterocycles. The molecule has 0 spiro atoms. The van der Waals surface area contributed by atoms with E-state index >= 15 is 0 Å². The lowest BCUT2D eigenvalue weighted by molar-refractivity contribution is -0.140. The third-order valence-electron chi connectivity index (χ3n) is 2.89. The quantitative estimate of drug-likeness (QED) is 0.793. The lowest BCUT2D eigenvalue weighted by Crippen LogP contribution is -2.45. The van der Waals surface area contributed by atoms with E-state index in [0.29, 0.717) is 17.0 Å². The van der Waals surface area contributed by atoms with Crippen LogP contribution in [0.2, 0.25) is 0 Å². The number of carboxylic acids is 1. The summed E-state index contributed by atoms with van der Waals surface area (Å²) in [5.41, 5.74) is 2.07. The number of amides is 1. The molecule has 2 atom stereocenters. The van der Waals surface area contributed by atoms with Crippen molar-refractivity contribution in [2.24, 2.45) is 5.92 Å². The molecule has 7 heteroatoms. The zero-order valence-electron chi connectivity index (χ0n) is 11.2. The highest BCUT2D eigenvalue weighted by atomic mass is 32.1. The van der Waals surface area contributed by atoms with E-state index in [1.165, 1.54) is 18.4 Å². The number of carbonyl (C=O) groups excluding carboxylic acids is 1. The number of hydrogen-bond acceptors (Lipinski definition) is 5.